The summed E-state index contributed by atoms with van der Waals surface area (Å²) in [5.41, 5.74) is 1.56. The van der Waals surface area contributed by atoms with E-state index >= 15 is 0 Å². The van der Waals surface area contributed by atoms with Crippen LogP contribution in [0.15, 0.2) is 103 Å². The van der Waals surface area contributed by atoms with Gasteiger partial charge in [0.25, 0.3) is 0 Å². The molecule has 2 aliphatic heterocycles. The Labute approximate surface area is 271 Å². The Morgan fingerprint density at radius 3 is 1.25 bits per heavy atom. The quantitative estimate of drug-likeness (QED) is 0.216. The minimum absolute atomic E-state index is 0.188. The molecule has 3 aromatic carbocycles. The van der Waals surface area contributed by atoms with Gasteiger partial charge in [0.2, 0.25) is 0 Å². The summed E-state index contributed by atoms with van der Waals surface area (Å²) in [4.78, 5) is 10.9. The fraction of sp³-hybridized carbons (Fsp3) is 0.405. The Morgan fingerprint density at radius 1 is 0.591 bits per heavy atom. The maximum atomic E-state index is 10.9. The van der Waals surface area contributed by atoms with E-state index in [1.807, 2.05) is 0 Å². The highest BCUT2D eigenvalue weighted by molar-refractivity contribution is 9.19. The van der Waals surface area contributed by atoms with Gasteiger partial charge in [-0.2, -0.15) is 0 Å². The third-order valence-corrected chi connectivity index (χ3v) is 14.4. The number of ether oxygens (including phenoxy) is 4. The molecule has 3 aromatic rings. The predicted molar refractivity (Wildman–Crippen MR) is 185 cm³/mol. The molecule has 0 unspecified atom stereocenters. The van der Waals surface area contributed by atoms with E-state index in [4.69, 9.17) is 18.9 Å². The monoisotopic (exact) mass is 678 g/mol. The maximum absolute atomic E-state index is 10.9. The minimum atomic E-state index is -1.74. The molecule has 0 radical (unpaired) electrons. The molecule has 4 fully saturated rings. The van der Waals surface area contributed by atoms with Gasteiger partial charge >= 0.3 is 0 Å². The smallest absolute Gasteiger partial charge is 0.169 e. The van der Waals surface area contributed by atoms with Gasteiger partial charge in [0, 0.05) is 38.5 Å². The lowest BCUT2D eigenvalue weighted by atomic mass is 9.90. The third-order valence-electron chi connectivity index (χ3n) is 8.90. The van der Waals surface area contributed by atoms with E-state index in [0.717, 1.165) is 51.7 Å². The van der Waals surface area contributed by atoms with E-state index in [1.165, 1.54) is 15.9 Å². The molecule has 2 spiro atoms. The van der Waals surface area contributed by atoms with Crippen molar-refractivity contribution in [1.29, 1.82) is 0 Å². The first-order valence-corrected chi connectivity index (χ1v) is 18.5. The minimum Gasteiger partial charge on any atom is -0.348 e. The zero-order valence-electron chi connectivity index (χ0n) is 25.7. The lowest BCUT2D eigenvalue weighted by Gasteiger charge is -2.32. The molecule has 2 heterocycles. The summed E-state index contributed by atoms with van der Waals surface area (Å²) in [6.07, 6.45) is 9.38. The van der Waals surface area contributed by atoms with Gasteiger partial charge in [-0.3, -0.25) is 4.79 Å². The summed E-state index contributed by atoms with van der Waals surface area (Å²) >= 11 is 3.71. The van der Waals surface area contributed by atoms with Crippen LogP contribution in [0.3, 0.4) is 0 Å². The van der Waals surface area contributed by atoms with Crippen LogP contribution in [0.1, 0.15) is 58.3 Å². The maximum Gasteiger partial charge on any atom is 0.169 e. The average molecular weight is 680 g/mol. The van der Waals surface area contributed by atoms with Crippen molar-refractivity contribution in [3.63, 3.8) is 0 Å². The van der Waals surface area contributed by atoms with Crippen LogP contribution in [-0.4, -0.2) is 48.5 Å². The van der Waals surface area contributed by atoms with Crippen molar-refractivity contribution in [2.24, 2.45) is 0 Å². The second kappa shape index (κ2) is 15.8. The summed E-state index contributed by atoms with van der Waals surface area (Å²) in [5, 5.41) is 4.08. The molecular weight excluding hydrogens is 635 g/mol. The number of benzene rings is 3. The number of Topliss-reactive ketones (excluding diaryl/α,β-unsaturated/α-hetero) is 1. The first-order valence-electron chi connectivity index (χ1n) is 15.7. The van der Waals surface area contributed by atoms with Crippen molar-refractivity contribution in [1.82, 2.24) is 0 Å². The summed E-state index contributed by atoms with van der Waals surface area (Å²) in [6, 6.07) is 32.3. The van der Waals surface area contributed by atoms with Crippen LogP contribution in [0.2, 0.25) is 0 Å². The molecule has 0 bridgehead atoms. The Hall–Kier alpha value is -2.31. The van der Waals surface area contributed by atoms with Crippen molar-refractivity contribution in [2.45, 2.75) is 69.9 Å². The summed E-state index contributed by atoms with van der Waals surface area (Å²) in [6.45, 7) is 3.32. The SMILES string of the molecule is BrC=P(c1ccccc1)(c1ccccc1)c1ccccc1.CC=C1CCC2(CC1)OCCO2.O=C1CCC2(CC1)OCCO2. The van der Waals surface area contributed by atoms with Crippen molar-refractivity contribution >= 4 is 49.2 Å². The molecule has 7 heteroatoms. The summed E-state index contributed by atoms with van der Waals surface area (Å²) < 4.78 is 24.4. The van der Waals surface area contributed by atoms with Crippen LogP contribution >= 0.6 is 22.8 Å². The highest BCUT2D eigenvalue weighted by Gasteiger charge is 2.40. The van der Waals surface area contributed by atoms with Gasteiger partial charge in [-0.15, -0.1) is 0 Å². The normalized spacial score (nSPS) is 20.3. The largest absolute Gasteiger partial charge is 0.348 e. The number of ketones is 1. The van der Waals surface area contributed by atoms with E-state index in [0.29, 0.717) is 31.8 Å². The lowest BCUT2D eigenvalue weighted by molar-refractivity contribution is -0.179. The topological polar surface area (TPSA) is 54.0 Å². The number of hydrogen-bond acceptors (Lipinski definition) is 5. The molecule has 234 valence electrons. The molecule has 2 saturated heterocycles. The second-order valence-electron chi connectivity index (χ2n) is 11.5. The van der Waals surface area contributed by atoms with Crippen LogP contribution < -0.4 is 15.9 Å². The molecule has 5 nitrogen and oxygen atoms in total. The van der Waals surface area contributed by atoms with Crippen molar-refractivity contribution in [3.8, 4) is 0 Å². The van der Waals surface area contributed by atoms with Gasteiger partial charge in [0.05, 0.1) is 26.4 Å². The van der Waals surface area contributed by atoms with E-state index < -0.39 is 6.89 Å². The van der Waals surface area contributed by atoms with Gasteiger partial charge in [-0.1, -0.05) is 119 Å². The number of rotatable bonds is 3. The van der Waals surface area contributed by atoms with Crippen molar-refractivity contribution in [3.05, 3.63) is 103 Å². The molecule has 0 amide bonds. The van der Waals surface area contributed by atoms with E-state index in [1.54, 1.807) is 5.57 Å². The molecule has 4 aliphatic rings. The first kappa shape index (κ1) is 33.1. The number of carbonyl (C=O) groups excluding carboxylic acids is 1. The first-order chi connectivity index (χ1) is 21.5. The Bertz CT molecular complexity index is 1280. The van der Waals surface area contributed by atoms with Gasteiger partial charge < -0.3 is 18.9 Å². The van der Waals surface area contributed by atoms with Gasteiger partial charge in [0.15, 0.2) is 11.6 Å². The summed E-state index contributed by atoms with van der Waals surface area (Å²) in [7, 11) is 0. The lowest BCUT2D eigenvalue weighted by Crippen LogP contribution is -2.35. The number of hydrogen-bond donors (Lipinski definition) is 0. The standard InChI is InChI=1S/C19H16BrP.C10H16O2.C8H12O3/c20-16-21(17-10-4-1-5-11-17,18-12-6-2-7-13-18)19-14-8-3-9-15-19;1-2-9-3-5-10(6-4-9)11-7-8-12-10;9-7-1-3-8(4-2-7)10-5-6-11-8/h1-16H;2H,3-8H2,1H3;1-6H2. The zero-order chi connectivity index (χ0) is 30.7. The van der Waals surface area contributed by atoms with Gasteiger partial charge in [0.1, 0.15) is 5.78 Å². The molecular formula is C37H44BrO5P. The molecule has 7 rings (SSSR count). The fourth-order valence-electron chi connectivity index (χ4n) is 6.33. The van der Waals surface area contributed by atoms with Crippen LogP contribution in [0, 0.1) is 0 Å². The Morgan fingerprint density at radius 2 is 0.932 bits per heavy atom. The molecule has 0 aromatic heterocycles. The fourth-order valence-corrected chi connectivity index (χ4v) is 11.6. The Balaban J connectivity index is 0.000000142. The van der Waals surface area contributed by atoms with Gasteiger partial charge in [-0.25, -0.2) is 0 Å². The van der Waals surface area contributed by atoms with Crippen LogP contribution in [0.25, 0.3) is 0 Å². The van der Waals surface area contributed by atoms with Crippen LogP contribution in [0.4, 0.5) is 0 Å². The van der Waals surface area contributed by atoms with E-state index in [9.17, 15) is 4.79 Å². The van der Waals surface area contributed by atoms with Crippen molar-refractivity contribution in [2.75, 3.05) is 26.4 Å². The average Bonchev–Trinajstić information content (AvgIpc) is 3.76. The Kier molecular flexibility index (Phi) is 11.9. The number of allylic oxidation sites excluding steroid dienone is 2. The predicted octanol–water partition coefficient (Wildman–Crippen LogP) is 7.26. The van der Waals surface area contributed by atoms with E-state index in [2.05, 4.69) is 125 Å². The molecule has 0 atom stereocenters. The van der Waals surface area contributed by atoms with Crippen LogP contribution in [0.5, 0.6) is 0 Å². The third kappa shape index (κ3) is 7.91. The highest BCUT2D eigenvalue weighted by Crippen LogP contribution is 2.44. The van der Waals surface area contributed by atoms with Crippen LogP contribution in [-0.2, 0) is 23.7 Å². The summed E-state index contributed by atoms with van der Waals surface area (Å²) in [5.74, 6) is -0.213. The second-order valence-corrected chi connectivity index (χ2v) is 15.9. The molecule has 2 saturated carbocycles. The molecule has 44 heavy (non-hydrogen) atoms. The highest BCUT2D eigenvalue weighted by atomic mass is 79.9. The van der Waals surface area contributed by atoms with Gasteiger partial charge in [-0.05, 0) is 47.3 Å². The number of carbonyl (C=O) groups is 1. The van der Waals surface area contributed by atoms with Crippen molar-refractivity contribution < 1.29 is 23.7 Å². The molecule has 0 N–H and O–H groups in total. The zero-order valence-corrected chi connectivity index (χ0v) is 28.1. The molecule has 2 aliphatic carbocycles. The van der Waals surface area contributed by atoms with E-state index in [-0.39, 0.29) is 11.6 Å². The number of halogens is 1.